The molecule has 16 heavy (non-hydrogen) atoms. The van der Waals surface area contributed by atoms with Crippen LogP contribution in [-0.4, -0.2) is 27.0 Å². The highest BCUT2D eigenvalue weighted by atomic mass is 35.5. The van der Waals surface area contributed by atoms with Crippen LogP contribution in [-0.2, 0) is 5.88 Å². The smallest absolute Gasteiger partial charge is 0.216 e. The van der Waals surface area contributed by atoms with Crippen LogP contribution < -0.4 is 4.74 Å². The molecule has 2 aromatic heterocycles. The lowest BCUT2D eigenvalue weighted by Gasteiger charge is -2.02. The van der Waals surface area contributed by atoms with E-state index in [-0.39, 0.29) is 0 Å². The van der Waals surface area contributed by atoms with Crippen LogP contribution in [0.5, 0.6) is 5.88 Å². The van der Waals surface area contributed by atoms with Crippen LogP contribution in [0.3, 0.4) is 0 Å². The minimum absolute atomic E-state index is 0.345. The summed E-state index contributed by atoms with van der Waals surface area (Å²) in [5.74, 6) is 1.33. The summed E-state index contributed by atoms with van der Waals surface area (Å²) in [6.45, 7) is 0. The van der Waals surface area contributed by atoms with Crippen LogP contribution in [0.2, 0.25) is 0 Å². The van der Waals surface area contributed by atoms with E-state index in [2.05, 4.69) is 19.9 Å². The van der Waals surface area contributed by atoms with Crippen molar-refractivity contribution >= 4 is 11.6 Å². The largest absolute Gasteiger partial charge is 0.481 e. The number of aromatic nitrogens is 4. The summed E-state index contributed by atoms with van der Waals surface area (Å²) < 4.78 is 5.00. The van der Waals surface area contributed by atoms with Gasteiger partial charge in [0.2, 0.25) is 5.88 Å². The number of ether oxygens (including phenoxy) is 1. The molecule has 0 amide bonds. The van der Waals surface area contributed by atoms with Gasteiger partial charge in [-0.05, 0) is 6.07 Å². The standard InChI is InChI=1S/C10H9ClN4O/c1-16-9-4-8(13-6-14-9)10-12-3-2-7(5-11)15-10/h2-4,6H,5H2,1H3. The Kier molecular flexibility index (Phi) is 3.26. The van der Waals surface area contributed by atoms with E-state index >= 15 is 0 Å². The number of hydrogen-bond acceptors (Lipinski definition) is 5. The second-order valence-electron chi connectivity index (χ2n) is 2.95. The number of alkyl halides is 1. The number of nitrogens with zero attached hydrogens (tertiary/aromatic N) is 4. The highest BCUT2D eigenvalue weighted by Crippen LogP contribution is 2.15. The van der Waals surface area contributed by atoms with Crippen molar-refractivity contribution in [2.75, 3.05) is 7.11 Å². The number of rotatable bonds is 3. The molecule has 0 spiro atoms. The monoisotopic (exact) mass is 236 g/mol. The Bertz CT molecular complexity index is 446. The molecular weight excluding hydrogens is 228 g/mol. The average Bonchev–Trinajstić information content (AvgIpc) is 2.39. The van der Waals surface area contributed by atoms with Gasteiger partial charge in [0.25, 0.3) is 0 Å². The molecule has 0 bridgehead atoms. The van der Waals surface area contributed by atoms with Gasteiger partial charge in [-0.3, -0.25) is 0 Å². The summed E-state index contributed by atoms with van der Waals surface area (Å²) in [7, 11) is 1.54. The highest BCUT2D eigenvalue weighted by molar-refractivity contribution is 6.16. The van der Waals surface area contributed by atoms with Gasteiger partial charge in [-0.1, -0.05) is 0 Å². The molecule has 0 radical (unpaired) electrons. The Morgan fingerprint density at radius 2 is 2.19 bits per heavy atom. The summed E-state index contributed by atoms with van der Waals surface area (Å²) in [4.78, 5) is 16.4. The first-order valence-corrected chi connectivity index (χ1v) is 5.11. The van der Waals surface area contributed by atoms with Crippen molar-refractivity contribution in [3.63, 3.8) is 0 Å². The molecule has 2 rings (SSSR count). The molecule has 5 nitrogen and oxygen atoms in total. The van der Waals surface area contributed by atoms with Gasteiger partial charge in [0, 0.05) is 12.3 Å². The third-order valence-electron chi connectivity index (χ3n) is 1.93. The average molecular weight is 237 g/mol. The molecule has 0 atom stereocenters. The second-order valence-corrected chi connectivity index (χ2v) is 3.22. The zero-order valence-electron chi connectivity index (χ0n) is 8.59. The molecular formula is C10H9ClN4O. The molecule has 0 unspecified atom stereocenters. The van der Waals surface area contributed by atoms with Gasteiger partial charge in [-0.25, -0.2) is 19.9 Å². The number of hydrogen-bond donors (Lipinski definition) is 0. The van der Waals surface area contributed by atoms with Gasteiger partial charge in [0.1, 0.15) is 12.0 Å². The summed E-state index contributed by atoms with van der Waals surface area (Å²) in [5, 5.41) is 0. The predicted molar refractivity (Wildman–Crippen MR) is 59.2 cm³/mol. The lowest BCUT2D eigenvalue weighted by Crippen LogP contribution is -1.96. The Balaban J connectivity index is 2.41. The lowest BCUT2D eigenvalue weighted by molar-refractivity contribution is 0.397. The van der Waals surface area contributed by atoms with Gasteiger partial charge in [0.05, 0.1) is 18.7 Å². The predicted octanol–water partition coefficient (Wildman–Crippen LogP) is 1.68. The number of methoxy groups -OCH3 is 1. The maximum Gasteiger partial charge on any atom is 0.216 e. The molecule has 82 valence electrons. The topological polar surface area (TPSA) is 60.8 Å². The summed E-state index contributed by atoms with van der Waals surface area (Å²) >= 11 is 5.70. The first-order valence-electron chi connectivity index (χ1n) is 4.58. The van der Waals surface area contributed by atoms with Crippen molar-refractivity contribution in [2.24, 2.45) is 0 Å². The molecule has 0 N–H and O–H groups in total. The Labute approximate surface area is 97.5 Å². The fourth-order valence-electron chi connectivity index (χ4n) is 1.17. The van der Waals surface area contributed by atoms with Crippen molar-refractivity contribution in [2.45, 2.75) is 5.88 Å². The minimum atomic E-state index is 0.345. The van der Waals surface area contributed by atoms with Crippen LogP contribution in [0.1, 0.15) is 5.69 Å². The fourth-order valence-corrected chi connectivity index (χ4v) is 1.32. The van der Waals surface area contributed by atoms with E-state index in [0.29, 0.717) is 23.3 Å². The second kappa shape index (κ2) is 4.85. The third-order valence-corrected chi connectivity index (χ3v) is 2.20. The lowest BCUT2D eigenvalue weighted by atomic mass is 10.3. The van der Waals surface area contributed by atoms with Gasteiger partial charge in [-0.15, -0.1) is 11.6 Å². The van der Waals surface area contributed by atoms with E-state index in [4.69, 9.17) is 16.3 Å². The first kappa shape index (κ1) is 10.8. The molecule has 6 heteroatoms. The summed E-state index contributed by atoms with van der Waals surface area (Å²) in [5.41, 5.74) is 1.36. The molecule has 0 aliphatic heterocycles. The SMILES string of the molecule is COc1cc(-c2nccc(CCl)n2)ncn1. The van der Waals surface area contributed by atoms with E-state index in [9.17, 15) is 0 Å². The van der Waals surface area contributed by atoms with Crippen molar-refractivity contribution in [3.8, 4) is 17.4 Å². The summed E-state index contributed by atoms with van der Waals surface area (Å²) in [6, 6.07) is 3.43. The molecule has 0 saturated carbocycles. The van der Waals surface area contributed by atoms with Gasteiger partial charge in [0.15, 0.2) is 5.82 Å². The van der Waals surface area contributed by atoms with E-state index < -0.39 is 0 Å². The molecule has 0 fully saturated rings. The third kappa shape index (κ3) is 2.25. The normalized spacial score (nSPS) is 10.1. The van der Waals surface area contributed by atoms with Crippen molar-refractivity contribution in [3.05, 3.63) is 30.4 Å². The van der Waals surface area contributed by atoms with E-state index in [0.717, 1.165) is 5.69 Å². The van der Waals surface area contributed by atoms with E-state index in [1.54, 1.807) is 25.4 Å². The van der Waals surface area contributed by atoms with Crippen LogP contribution in [0.25, 0.3) is 11.5 Å². The molecule has 0 aliphatic carbocycles. The summed E-state index contributed by atoms with van der Waals surface area (Å²) in [6.07, 6.45) is 3.06. The maximum atomic E-state index is 5.70. The van der Waals surface area contributed by atoms with Crippen LogP contribution in [0.4, 0.5) is 0 Å². The zero-order chi connectivity index (χ0) is 11.4. The number of halogens is 1. The molecule has 2 heterocycles. The van der Waals surface area contributed by atoms with Crippen molar-refractivity contribution in [1.82, 2.24) is 19.9 Å². The van der Waals surface area contributed by atoms with Gasteiger partial charge < -0.3 is 4.74 Å². The minimum Gasteiger partial charge on any atom is -0.481 e. The van der Waals surface area contributed by atoms with E-state index in [1.807, 2.05) is 0 Å². The van der Waals surface area contributed by atoms with Crippen LogP contribution >= 0.6 is 11.6 Å². The highest BCUT2D eigenvalue weighted by Gasteiger charge is 2.05. The Morgan fingerprint density at radius 1 is 1.31 bits per heavy atom. The molecule has 0 aromatic carbocycles. The Morgan fingerprint density at radius 3 is 2.94 bits per heavy atom. The molecule has 0 saturated heterocycles. The maximum absolute atomic E-state index is 5.70. The van der Waals surface area contributed by atoms with Gasteiger partial charge in [-0.2, -0.15) is 0 Å². The van der Waals surface area contributed by atoms with Crippen LogP contribution in [0, 0.1) is 0 Å². The van der Waals surface area contributed by atoms with Gasteiger partial charge >= 0.3 is 0 Å². The molecule has 2 aromatic rings. The quantitative estimate of drug-likeness (QED) is 0.759. The Hall–Kier alpha value is -1.75. The fraction of sp³-hybridized carbons (Fsp3) is 0.200. The van der Waals surface area contributed by atoms with Crippen molar-refractivity contribution in [1.29, 1.82) is 0 Å². The van der Waals surface area contributed by atoms with Crippen molar-refractivity contribution < 1.29 is 4.74 Å². The molecule has 0 aliphatic rings. The first-order chi connectivity index (χ1) is 7.83. The zero-order valence-corrected chi connectivity index (χ0v) is 9.35. The van der Waals surface area contributed by atoms with Crippen LogP contribution in [0.15, 0.2) is 24.7 Å². The van der Waals surface area contributed by atoms with E-state index in [1.165, 1.54) is 6.33 Å².